The number of methoxy groups -OCH3 is 1. The van der Waals surface area contributed by atoms with E-state index in [0.29, 0.717) is 18.0 Å². The van der Waals surface area contributed by atoms with Crippen LogP contribution in [-0.4, -0.2) is 57.3 Å². The molecule has 0 spiro atoms. The summed E-state index contributed by atoms with van der Waals surface area (Å²) in [6.45, 7) is 6.70. The van der Waals surface area contributed by atoms with Crippen LogP contribution in [0.5, 0.6) is 5.75 Å². The zero-order valence-corrected chi connectivity index (χ0v) is 21.5. The third kappa shape index (κ3) is 4.13. The van der Waals surface area contributed by atoms with Gasteiger partial charge in [0, 0.05) is 43.0 Å². The number of carbonyl (C=O) groups is 1. The molecule has 1 unspecified atom stereocenters. The van der Waals surface area contributed by atoms with Crippen molar-refractivity contribution >= 4 is 28.4 Å². The molecule has 1 amide bonds. The van der Waals surface area contributed by atoms with E-state index in [2.05, 4.69) is 51.8 Å². The molecule has 0 aliphatic carbocycles. The number of piperidine rings is 1. The van der Waals surface area contributed by atoms with Gasteiger partial charge in [0.25, 0.3) is 0 Å². The minimum absolute atomic E-state index is 0.00435. The Kier molecular flexibility index (Phi) is 6.19. The van der Waals surface area contributed by atoms with Gasteiger partial charge in [0.1, 0.15) is 23.6 Å². The molecule has 9 nitrogen and oxygen atoms in total. The van der Waals surface area contributed by atoms with Gasteiger partial charge in [-0.3, -0.25) is 4.79 Å². The number of amides is 1. The average molecular weight is 510 g/mol. The summed E-state index contributed by atoms with van der Waals surface area (Å²) in [5.74, 6) is 1.30. The van der Waals surface area contributed by atoms with Crippen LogP contribution in [0, 0.1) is 0 Å². The van der Waals surface area contributed by atoms with Gasteiger partial charge in [-0.1, -0.05) is 36.9 Å². The number of aromatic nitrogens is 4. The standard InChI is InChI=1S/C29H31N7O2/c1-3-25(37)35-14-5-6-21(17-35)36-29-26(28(30)31-18-32-29)27(33-36)20-11-9-19(10-12-20)16-34-15-13-22-23(34)7-4-8-24(22)38-2/h3-4,7-12,18,21H,1,5-6,13-17H2,2H3,(H2,30,31,32). The molecule has 38 heavy (non-hydrogen) atoms. The van der Waals surface area contributed by atoms with Crippen molar-refractivity contribution in [3.63, 3.8) is 0 Å². The zero-order chi connectivity index (χ0) is 26.2. The fraction of sp³-hybridized carbons (Fsp3) is 0.310. The Balaban J connectivity index is 1.29. The number of likely N-dealkylation sites (tertiary alicyclic amines) is 1. The SMILES string of the molecule is C=CC(=O)N1CCCC(n2nc(-c3ccc(CN4CCc5c(OC)cccc54)cc3)c3c(N)ncnc32)C1. The van der Waals surface area contributed by atoms with E-state index in [0.717, 1.165) is 61.3 Å². The number of nitrogen functional groups attached to an aromatic ring is 1. The van der Waals surface area contributed by atoms with Crippen LogP contribution in [0.25, 0.3) is 22.3 Å². The highest BCUT2D eigenvalue weighted by molar-refractivity contribution is 5.98. The molecule has 2 aliphatic heterocycles. The van der Waals surface area contributed by atoms with Gasteiger partial charge < -0.3 is 20.3 Å². The van der Waals surface area contributed by atoms with Gasteiger partial charge >= 0.3 is 0 Å². The Labute approximate surface area is 221 Å². The van der Waals surface area contributed by atoms with Gasteiger partial charge in [0.15, 0.2) is 5.65 Å². The number of hydrogen-bond donors (Lipinski definition) is 1. The van der Waals surface area contributed by atoms with Crippen molar-refractivity contribution in [2.75, 3.05) is 37.4 Å². The first kappa shape index (κ1) is 24.0. The predicted molar refractivity (Wildman–Crippen MR) is 148 cm³/mol. The number of carbonyl (C=O) groups excluding carboxylic acids is 1. The van der Waals surface area contributed by atoms with Crippen molar-refractivity contribution < 1.29 is 9.53 Å². The lowest BCUT2D eigenvalue weighted by Crippen LogP contribution is -2.40. The molecule has 6 rings (SSSR count). The maximum Gasteiger partial charge on any atom is 0.246 e. The number of benzene rings is 2. The highest BCUT2D eigenvalue weighted by Gasteiger charge is 2.28. The lowest BCUT2D eigenvalue weighted by atomic mass is 10.1. The molecular formula is C29H31N7O2. The number of rotatable bonds is 6. The molecule has 1 saturated heterocycles. The van der Waals surface area contributed by atoms with Crippen LogP contribution in [0.4, 0.5) is 11.5 Å². The highest BCUT2D eigenvalue weighted by atomic mass is 16.5. The Bertz CT molecular complexity index is 1510. The number of anilines is 2. The topological polar surface area (TPSA) is 102 Å². The van der Waals surface area contributed by atoms with Crippen molar-refractivity contribution in [3.8, 4) is 17.0 Å². The summed E-state index contributed by atoms with van der Waals surface area (Å²) in [7, 11) is 1.73. The summed E-state index contributed by atoms with van der Waals surface area (Å²) < 4.78 is 7.48. The second kappa shape index (κ2) is 9.81. The predicted octanol–water partition coefficient (Wildman–Crippen LogP) is 4.00. The fourth-order valence-electron chi connectivity index (χ4n) is 5.75. The molecule has 1 atom stereocenters. The van der Waals surface area contributed by atoms with Gasteiger partial charge in [-0.25, -0.2) is 14.6 Å². The van der Waals surface area contributed by atoms with Gasteiger partial charge in [-0.2, -0.15) is 5.10 Å². The molecule has 2 aromatic carbocycles. The number of nitrogens with two attached hydrogens (primary N) is 1. The summed E-state index contributed by atoms with van der Waals surface area (Å²) in [6, 6.07) is 14.7. The van der Waals surface area contributed by atoms with Crippen LogP contribution < -0.4 is 15.4 Å². The van der Waals surface area contributed by atoms with Crippen LogP contribution in [0.3, 0.4) is 0 Å². The molecular weight excluding hydrogens is 478 g/mol. The normalized spacial score (nSPS) is 17.0. The first-order valence-corrected chi connectivity index (χ1v) is 13.0. The van der Waals surface area contributed by atoms with E-state index >= 15 is 0 Å². The van der Waals surface area contributed by atoms with Crippen molar-refractivity contribution in [1.29, 1.82) is 0 Å². The van der Waals surface area contributed by atoms with E-state index in [9.17, 15) is 4.79 Å². The minimum atomic E-state index is -0.0600. The highest BCUT2D eigenvalue weighted by Crippen LogP contribution is 2.37. The smallest absolute Gasteiger partial charge is 0.246 e. The van der Waals surface area contributed by atoms with Gasteiger partial charge in [-0.15, -0.1) is 0 Å². The second-order valence-corrected chi connectivity index (χ2v) is 9.86. The molecule has 9 heteroatoms. The summed E-state index contributed by atoms with van der Waals surface area (Å²) in [5.41, 5.74) is 12.5. The van der Waals surface area contributed by atoms with Crippen LogP contribution in [-0.2, 0) is 17.8 Å². The molecule has 1 fully saturated rings. The van der Waals surface area contributed by atoms with E-state index in [1.807, 2.05) is 21.7 Å². The van der Waals surface area contributed by atoms with Gasteiger partial charge in [0.2, 0.25) is 5.91 Å². The third-order valence-corrected chi connectivity index (χ3v) is 7.65. The molecule has 4 aromatic rings. The minimum Gasteiger partial charge on any atom is -0.496 e. The molecule has 0 radical (unpaired) electrons. The summed E-state index contributed by atoms with van der Waals surface area (Å²) >= 11 is 0. The fourth-order valence-corrected chi connectivity index (χ4v) is 5.75. The average Bonchev–Trinajstić information content (AvgIpc) is 3.56. The lowest BCUT2D eigenvalue weighted by Gasteiger charge is -2.32. The molecule has 2 aromatic heterocycles. The second-order valence-electron chi connectivity index (χ2n) is 9.86. The monoisotopic (exact) mass is 509 g/mol. The van der Waals surface area contributed by atoms with Crippen molar-refractivity contribution in [2.24, 2.45) is 0 Å². The van der Waals surface area contributed by atoms with E-state index in [-0.39, 0.29) is 11.9 Å². The zero-order valence-electron chi connectivity index (χ0n) is 21.5. The van der Waals surface area contributed by atoms with Crippen molar-refractivity contribution in [1.82, 2.24) is 24.6 Å². The van der Waals surface area contributed by atoms with E-state index in [1.165, 1.54) is 29.2 Å². The summed E-state index contributed by atoms with van der Waals surface area (Å²) in [5, 5.41) is 5.74. The summed E-state index contributed by atoms with van der Waals surface area (Å²) in [4.78, 5) is 25.3. The first-order chi connectivity index (χ1) is 18.6. The maximum atomic E-state index is 12.3. The Hall–Kier alpha value is -4.40. The number of hydrogen-bond acceptors (Lipinski definition) is 7. The summed E-state index contributed by atoms with van der Waals surface area (Å²) in [6.07, 6.45) is 5.62. The van der Waals surface area contributed by atoms with Crippen LogP contribution >= 0.6 is 0 Å². The number of nitrogens with zero attached hydrogens (tertiary/aromatic N) is 6. The Morgan fingerprint density at radius 2 is 2.03 bits per heavy atom. The number of ether oxygens (including phenoxy) is 1. The molecule has 0 saturated carbocycles. The number of fused-ring (bicyclic) bond motifs is 2. The van der Waals surface area contributed by atoms with Crippen LogP contribution in [0.15, 0.2) is 61.4 Å². The molecule has 194 valence electrons. The Morgan fingerprint density at radius 1 is 1.18 bits per heavy atom. The van der Waals surface area contributed by atoms with E-state index in [1.54, 1.807) is 7.11 Å². The van der Waals surface area contributed by atoms with Gasteiger partial charge in [-0.05, 0) is 43.0 Å². The Morgan fingerprint density at radius 3 is 2.82 bits per heavy atom. The van der Waals surface area contributed by atoms with Gasteiger partial charge in [0.05, 0.1) is 18.5 Å². The largest absolute Gasteiger partial charge is 0.496 e. The third-order valence-electron chi connectivity index (χ3n) is 7.65. The lowest BCUT2D eigenvalue weighted by molar-refractivity contribution is -0.127. The quantitative estimate of drug-likeness (QED) is 0.392. The molecule has 2 N–H and O–H groups in total. The van der Waals surface area contributed by atoms with Crippen LogP contribution in [0.1, 0.15) is 30.0 Å². The van der Waals surface area contributed by atoms with E-state index in [4.69, 9.17) is 15.6 Å². The van der Waals surface area contributed by atoms with E-state index < -0.39 is 0 Å². The van der Waals surface area contributed by atoms with Crippen molar-refractivity contribution in [2.45, 2.75) is 31.8 Å². The van der Waals surface area contributed by atoms with Crippen molar-refractivity contribution in [3.05, 3.63) is 72.6 Å². The molecule has 4 heterocycles. The first-order valence-electron chi connectivity index (χ1n) is 13.0. The molecule has 0 bridgehead atoms. The maximum absolute atomic E-state index is 12.3. The molecule has 2 aliphatic rings. The van der Waals surface area contributed by atoms with Crippen LogP contribution in [0.2, 0.25) is 0 Å².